The fraction of sp³-hybridized carbons (Fsp3) is 0.345. The van der Waals surface area contributed by atoms with Crippen LogP contribution in [0.2, 0.25) is 10.0 Å². The zero-order chi connectivity index (χ0) is 28.2. The molecule has 3 aromatic heterocycles. The first-order valence-corrected chi connectivity index (χ1v) is 13.6. The molecule has 8 nitrogen and oxygen atoms in total. The molecule has 1 unspecified atom stereocenters. The van der Waals surface area contributed by atoms with Crippen molar-refractivity contribution in [1.29, 1.82) is 0 Å². The lowest BCUT2D eigenvalue weighted by Crippen LogP contribution is -2.19. The van der Waals surface area contributed by atoms with E-state index in [1.165, 1.54) is 38.9 Å². The summed E-state index contributed by atoms with van der Waals surface area (Å²) in [6.07, 6.45) is 7.41. The van der Waals surface area contributed by atoms with Crippen molar-refractivity contribution in [2.45, 2.75) is 44.8 Å². The van der Waals surface area contributed by atoms with E-state index in [9.17, 15) is 0 Å². The van der Waals surface area contributed by atoms with Crippen LogP contribution in [0.1, 0.15) is 67.3 Å². The smallest absolute Gasteiger partial charge is 0.200 e. The fourth-order valence-corrected chi connectivity index (χ4v) is 5.43. The van der Waals surface area contributed by atoms with E-state index < -0.39 is 18.2 Å². The van der Waals surface area contributed by atoms with Crippen LogP contribution in [-0.2, 0) is 14.2 Å². The summed E-state index contributed by atoms with van der Waals surface area (Å²) in [4.78, 5) is 8.30. The molecule has 0 amide bonds. The van der Waals surface area contributed by atoms with E-state index in [0.717, 1.165) is 24.8 Å². The van der Waals surface area contributed by atoms with Gasteiger partial charge in [0, 0.05) is 62.0 Å². The monoisotopic (exact) mass is 586 g/mol. The van der Waals surface area contributed by atoms with E-state index in [-0.39, 0.29) is 6.23 Å². The average molecular weight is 587 g/mol. The number of pyridine rings is 2. The Kier molecular flexibility index (Phi) is 8.97. The molecule has 0 radical (unpaired) electrons. The molecule has 2 atom stereocenters. The van der Waals surface area contributed by atoms with Crippen LogP contribution in [0, 0.1) is 0 Å². The molecule has 0 bridgehead atoms. The van der Waals surface area contributed by atoms with Crippen LogP contribution in [0.25, 0.3) is 22.8 Å². The van der Waals surface area contributed by atoms with Crippen LogP contribution < -0.4 is 4.74 Å². The first-order chi connectivity index (χ1) is 19.4. The summed E-state index contributed by atoms with van der Waals surface area (Å²) >= 11 is 12.7. The molecule has 4 heterocycles. The van der Waals surface area contributed by atoms with Crippen molar-refractivity contribution < 1.29 is 23.3 Å². The second-order valence-corrected chi connectivity index (χ2v) is 10.2. The molecule has 0 aliphatic carbocycles. The Hall–Kier alpha value is -3.08. The second kappa shape index (κ2) is 12.6. The maximum absolute atomic E-state index is 15.5. The highest BCUT2D eigenvalue weighted by molar-refractivity contribution is 6.35. The van der Waals surface area contributed by atoms with Gasteiger partial charge in [0.05, 0.1) is 26.9 Å². The number of rotatable bonds is 9. The summed E-state index contributed by atoms with van der Waals surface area (Å²) in [6.45, 7) is 2.51. The van der Waals surface area contributed by atoms with Crippen molar-refractivity contribution in [2.24, 2.45) is 0 Å². The van der Waals surface area contributed by atoms with Crippen LogP contribution in [-0.4, -0.2) is 40.6 Å². The Balaban J connectivity index is 1.51. The first-order valence-electron chi connectivity index (χ1n) is 12.9. The summed E-state index contributed by atoms with van der Waals surface area (Å²) in [5.41, 5.74) is 2.72. The molecule has 1 saturated heterocycles. The number of fused-ring (bicyclic) bond motifs is 1. The third-order valence-corrected chi connectivity index (χ3v) is 7.34. The first kappa shape index (κ1) is 28.4. The van der Waals surface area contributed by atoms with Gasteiger partial charge < -0.3 is 18.9 Å². The van der Waals surface area contributed by atoms with E-state index in [4.69, 9.17) is 47.2 Å². The largest absolute Gasteiger partial charge is 0.486 e. The normalized spacial score (nSPS) is 17.0. The Morgan fingerprint density at radius 3 is 2.52 bits per heavy atom. The minimum Gasteiger partial charge on any atom is -0.486 e. The SMILES string of the molecule is COC(OC)c1ccc(/C(F)=C/c2nn(C3CCCCO3)c3ccc(O[C@H](C)c4c(Cl)cncc4Cl)cc23)cn1. The zero-order valence-electron chi connectivity index (χ0n) is 22.3. The number of methoxy groups -OCH3 is 2. The Morgan fingerprint density at radius 2 is 1.88 bits per heavy atom. The predicted molar refractivity (Wildman–Crippen MR) is 152 cm³/mol. The summed E-state index contributed by atoms with van der Waals surface area (Å²) in [5, 5.41) is 6.30. The Bertz CT molecular complexity index is 1480. The summed E-state index contributed by atoms with van der Waals surface area (Å²) < 4.78 is 40.0. The third kappa shape index (κ3) is 5.99. The zero-order valence-corrected chi connectivity index (χ0v) is 23.8. The highest BCUT2D eigenvalue weighted by atomic mass is 35.5. The average Bonchev–Trinajstić information content (AvgIpc) is 3.32. The number of halogens is 3. The predicted octanol–water partition coefficient (Wildman–Crippen LogP) is 7.73. The number of nitrogens with zero attached hydrogens (tertiary/aromatic N) is 4. The molecular formula is C29H29Cl2FN4O4. The van der Waals surface area contributed by atoms with E-state index in [2.05, 4.69) is 9.97 Å². The Labute approximate surface area is 241 Å². The number of hydrogen-bond acceptors (Lipinski definition) is 7. The van der Waals surface area contributed by atoms with Crippen LogP contribution in [0.3, 0.4) is 0 Å². The summed E-state index contributed by atoms with van der Waals surface area (Å²) in [6, 6.07) is 8.87. The molecule has 1 fully saturated rings. The highest BCUT2D eigenvalue weighted by Crippen LogP contribution is 2.36. The second-order valence-electron chi connectivity index (χ2n) is 9.37. The molecule has 210 valence electrons. The van der Waals surface area contributed by atoms with E-state index in [0.29, 0.717) is 50.3 Å². The lowest BCUT2D eigenvalue weighted by Gasteiger charge is -2.23. The molecule has 4 aromatic rings. The van der Waals surface area contributed by atoms with Gasteiger partial charge in [-0.15, -0.1) is 0 Å². The molecule has 1 aliphatic heterocycles. The lowest BCUT2D eigenvalue weighted by molar-refractivity contribution is -0.108. The van der Waals surface area contributed by atoms with Crippen molar-refractivity contribution in [3.63, 3.8) is 0 Å². The van der Waals surface area contributed by atoms with Gasteiger partial charge in [0.15, 0.2) is 6.23 Å². The van der Waals surface area contributed by atoms with Gasteiger partial charge >= 0.3 is 0 Å². The standard InChI is InChI=1S/C29H29Cl2FN4O4/c1-17(28-21(30)15-33-16-22(28)31)40-19-8-10-26-20(12-19)25(35-36(26)27-6-4-5-11-39-27)13-23(32)18-7-9-24(34-14-18)29(37-2)38-3/h7-10,12-17,27,29H,4-6,11H2,1-3H3/b23-13-/t17-,27?/m1/s1. The Morgan fingerprint density at radius 1 is 1.10 bits per heavy atom. The van der Waals surface area contributed by atoms with Crippen molar-refractivity contribution in [2.75, 3.05) is 20.8 Å². The number of benzene rings is 1. The van der Waals surface area contributed by atoms with Gasteiger partial charge in [-0.05, 0) is 56.5 Å². The number of hydrogen-bond donors (Lipinski definition) is 0. The molecule has 0 spiro atoms. The molecule has 40 heavy (non-hydrogen) atoms. The number of aromatic nitrogens is 4. The van der Waals surface area contributed by atoms with Gasteiger partial charge in [0.25, 0.3) is 0 Å². The van der Waals surface area contributed by atoms with Crippen LogP contribution >= 0.6 is 23.2 Å². The van der Waals surface area contributed by atoms with Gasteiger partial charge in [-0.3, -0.25) is 9.97 Å². The maximum Gasteiger partial charge on any atom is 0.200 e. The summed E-state index contributed by atoms with van der Waals surface area (Å²) in [7, 11) is 3.03. The molecule has 1 aliphatic rings. The van der Waals surface area contributed by atoms with E-state index >= 15 is 4.39 Å². The maximum atomic E-state index is 15.5. The summed E-state index contributed by atoms with van der Waals surface area (Å²) in [5.74, 6) is 0.0656. The topological polar surface area (TPSA) is 80.5 Å². The minimum atomic E-state index is -0.631. The van der Waals surface area contributed by atoms with Crippen LogP contribution in [0.4, 0.5) is 4.39 Å². The molecule has 11 heteroatoms. The molecule has 1 aromatic carbocycles. The van der Waals surface area contributed by atoms with E-state index in [1.807, 2.05) is 29.8 Å². The third-order valence-electron chi connectivity index (χ3n) is 6.74. The minimum absolute atomic E-state index is 0.234. The molecular weight excluding hydrogens is 558 g/mol. The van der Waals surface area contributed by atoms with Crippen LogP contribution in [0.5, 0.6) is 5.75 Å². The van der Waals surface area contributed by atoms with E-state index in [1.54, 1.807) is 12.1 Å². The number of ether oxygens (including phenoxy) is 4. The van der Waals surface area contributed by atoms with Gasteiger partial charge in [0.1, 0.15) is 17.7 Å². The van der Waals surface area contributed by atoms with Crippen molar-refractivity contribution in [3.05, 3.63) is 81.5 Å². The molecule has 5 rings (SSSR count). The van der Waals surface area contributed by atoms with Gasteiger partial charge in [-0.2, -0.15) is 5.10 Å². The van der Waals surface area contributed by atoms with Crippen LogP contribution in [0.15, 0.2) is 48.9 Å². The fourth-order valence-electron chi connectivity index (χ4n) is 4.76. The highest BCUT2D eigenvalue weighted by Gasteiger charge is 2.22. The van der Waals surface area contributed by atoms with Gasteiger partial charge in [-0.25, -0.2) is 9.07 Å². The van der Waals surface area contributed by atoms with Gasteiger partial charge in [0.2, 0.25) is 6.29 Å². The van der Waals surface area contributed by atoms with Gasteiger partial charge in [-0.1, -0.05) is 23.2 Å². The quantitative estimate of drug-likeness (QED) is 0.185. The van der Waals surface area contributed by atoms with Crippen molar-refractivity contribution in [3.8, 4) is 5.75 Å². The van der Waals surface area contributed by atoms with Crippen molar-refractivity contribution in [1.82, 2.24) is 19.7 Å². The lowest BCUT2D eigenvalue weighted by atomic mass is 10.1. The van der Waals surface area contributed by atoms with Crippen molar-refractivity contribution >= 4 is 46.0 Å². The molecule has 0 N–H and O–H groups in total. The molecule has 0 saturated carbocycles.